The van der Waals surface area contributed by atoms with Crippen LogP contribution in [0.1, 0.15) is 21.5 Å². The molecule has 0 unspecified atom stereocenters. The van der Waals surface area contributed by atoms with Gasteiger partial charge in [0.25, 0.3) is 5.91 Å². The maximum Gasteiger partial charge on any atom is 0.255 e. The molecule has 0 fully saturated rings. The van der Waals surface area contributed by atoms with E-state index < -0.39 is 0 Å². The fourth-order valence-electron chi connectivity index (χ4n) is 1.61. The van der Waals surface area contributed by atoms with Gasteiger partial charge in [-0.3, -0.25) is 4.79 Å². The Kier molecular flexibility index (Phi) is 2.05. The van der Waals surface area contributed by atoms with E-state index in [0.717, 1.165) is 10.0 Å². The molecular weight excluding hydrogens is 244 g/mol. The molecule has 1 aromatic rings. The summed E-state index contributed by atoms with van der Waals surface area (Å²) in [4.78, 5) is 13.3. The van der Waals surface area contributed by atoms with Crippen molar-refractivity contribution in [1.82, 2.24) is 4.90 Å². The first-order chi connectivity index (χ1) is 6.65. The summed E-state index contributed by atoms with van der Waals surface area (Å²) in [7, 11) is 1.73. The molecule has 14 heavy (non-hydrogen) atoms. The Morgan fingerprint density at radius 1 is 1.57 bits per heavy atom. The van der Waals surface area contributed by atoms with Crippen LogP contribution in [0.2, 0.25) is 0 Å². The molecule has 4 heteroatoms. The van der Waals surface area contributed by atoms with Crippen LogP contribution in [0, 0.1) is 11.3 Å². The van der Waals surface area contributed by atoms with Gasteiger partial charge in [-0.1, -0.05) is 15.9 Å². The van der Waals surface area contributed by atoms with Gasteiger partial charge >= 0.3 is 0 Å². The number of fused-ring (bicyclic) bond motifs is 1. The predicted molar refractivity (Wildman–Crippen MR) is 54.7 cm³/mol. The highest BCUT2D eigenvalue weighted by Gasteiger charge is 2.28. The van der Waals surface area contributed by atoms with Gasteiger partial charge in [-0.15, -0.1) is 0 Å². The van der Waals surface area contributed by atoms with Gasteiger partial charge in [0, 0.05) is 18.1 Å². The Morgan fingerprint density at radius 2 is 2.29 bits per heavy atom. The average Bonchev–Trinajstić information content (AvgIpc) is 2.47. The molecule has 1 aromatic carbocycles. The Labute approximate surface area is 90.1 Å². The first-order valence-corrected chi connectivity index (χ1v) is 4.91. The molecule has 0 radical (unpaired) electrons. The molecule has 2 rings (SSSR count). The quantitative estimate of drug-likeness (QED) is 0.706. The lowest BCUT2D eigenvalue weighted by Crippen LogP contribution is -2.18. The van der Waals surface area contributed by atoms with Crippen molar-refractivity contribution in [3.63, 3.8) is 0 Å². The van der Waals surface area contributed by atoms with Gasteiger partial charge in [-0.2, -0.15) is 5.26 Å². The fraction of sp³-hybridized carbons (Fsp3) is 0.200. The topological polar surface area (TPSA) is 44.1 Å². The van der Waals surface area contributed by atoms with Gasteiger partial charge in [0.05, 0.1) is 17.2 Å². The maximum atomic E-state index is 11.7. The van der Waals surface area contributed by atoms with E-state index in [1.54, 1.807) is 18.0 Å². The summed E-state index contributed by atoms with van der Waals surface area (Å²) in [6.45, 7) is 0.574. The lowest BCUT2D eigenvalue weighted by Gasteiger charge is -2.04. The predicted octanol–water partition coefficient (Wildman–Crippen LogP) is 1.91. The van der Waals surface area contributed by atoms with Gasteiger partial charge in [0.15, 0.2) is 0 Å². The highest BCUT2D eigenvalue weighted by molar-refractivity contribution is 9.10. The van der Waals surface area contributed by atoms with E-state index in [9.17, 15) is 4.79 Å². The van der Waals surface area contributed by atoms with Crippen LogP contribution >= 0.6 is 15.9 Å². The van der Waals surface area contributed by atoms with Crippen molar-refractivity contribution in [2.75, 3.05) is 7.05 Å². The van der Waals surface area contributed by atoms with Crippen LogP contribution in [-0.4, -0.2) is 17.9 Å². The van der Waals surface area contributed by atoms with Crippen LogP contribution in [0.15, 0.2) is 16.6 Å². The van der Waals surface area contributed by atoms with E-state index in [0.29, 0.717) is 17.7 Å². The highest BCUT2D eigenvalue weighted by atomic mass is 79.9. The van der Waals surface area contributed by atoms with Gasteiger partial charge < -0.3 is 4.90 Å². The first kappa shape index (κ1) is 9.22. The first-order valence-electron chi connectivity index (χ1n) is 4.12. The highest BCUT2D eigenvalue weighted by Crippen LogP contribution is 2.30. The van der Waals surface area contributed by atoms with Gasteiger partial charge in [0.2, 0.25) is 0 Å². The molecule has 0 aromatic heterocycles. The fourth-order valence-corrected chi connectivity index (χ4v) is 2.07. The van der Waals surface area contributed by atoms with E-state index in [2.05, 4.69) is 15.9 Å². The second-order valence-electron chi connectivity index (χ2n) is 3.22. The second kappa shape index (κ2) is 3.10. The summed E-state index contributed by atoms with van der Waals surface area (Å²) >= 11 is 3.38. The van der Waals surface area contributed by atoms with Crippen LogP contribution in [0.4, 0.5) is 0 Å². The summed E-state index contributed by atoms with van der Waals surface area (Å²) < 4.78 is 0.893. The molecule has 0 spiro atoms. The number of hydrogen-bond acceptors (Lipinski definition) is 2. The number of rotatable bonds is 0. The van der Waals surface area contributed by atoms with Crippen molar-refractivity contribution in [3.8, 4) is 6.07 Å². The van der Waals surface area contributed by atoms with Crippen LogP contribution < -0.4 is 0 Å². The maximum absolute atomic E-state index is 11.7. The number of halogens is 1. The van der Waals surface area contributed by atoms with E-state index in [-0.39, 0.29) is 5.91 Å². The van der Waals surface area contributed by atoms with Crippen molar-refractivity contribution >= 4 is 21.8 Å². The summed E-state index contributed by atoms with van der Waals surface area (Å²) in [5.74, 6) is -0.0714. The van der Waals surface area contributed by atoms with Crippen LogP contribution in [0.25, 0.3) is 0 Å². The van der Waals surface area contributed by atoms with Crippen molar-refractivity contribution in [2.45, 2.75) is 6.54 Å². The molecule has 0 saturated carbocycles. The van der Waals surface area contributed by atoms with Gasteiger partial charge in [0.1, 0.15) is 0 Å². The molecule has 1 heterocycles. The lowest BCUT2D eigenvalue weighted by molar-refractivity contribution is 0.0816. The third-order valence-corrected chi connectivity index (χ3v) is 3.07. The Balaban J connectivity index is 2.73. The standard InChI is InChI=1S/C10H7BrN2O/c1-13-5-7-8(11)3-2-6(4-12)9(7)10(13)14/h2-3H,5H2,1H3. The molecule has 0 N–H and O–H groups in total. The van der Waals surface area contributed by atoms with Gasteiger partial charge in [-0.05, 0) is 17.7 Å². The Bertz CT molecular complexity index is 462. The number of amides is 1. The van der Waals surface area contributed by atoms with Crippen LogP contribution in [-0.2, 0) is 6.54 Å². The Morgan fingerprint density at radius 3 is 2.93 bits per heavy atom. The number of nitriles is 1. The average molecular weight is 251 g/mol. The molecule has 0 aliphatic carbocycles. The zero-order chi connectivity index (χ0) is 10.3. The third-order valence-electron chi connectivity index (χ3n) is 2.33. The molecule has 1 amide bonds. The molecule has 0 saturated heterocycles. The number of hydrogen-bond donors (Lipinski definition) is 0. The number of benzene rings is 1. The smallest absolute Gasteiger partial charge is 0.255 e. The lowest BCUT2D eigenvalue weighted by atomic mass is 10.0. The molecule has 1 aliphatic rings. The van der Waals surface area contributed by atoms with Crippen LogP contribution in [0.3, 0.4) is 0 Å². The van der Waals surface area contributed by atoms with Crippen molar-refractivity contribution < 1.29 is 4.79 Å². The minimum absolute atomic E-state index is 0.0714. The zero-order valence-electron chi connectivity index (χ0n) is 7.54. The summed E-state index contributed by atoms with van der Waals surface area (Å²) in [5, 5.41) is 8.86. The zero-order valence-corrected chi connectivity index (χ0v) is 9.13. The SMILES string of the molecule is CN1Cc2c(Br)ccc(C#N)c2C1=O. The molecule has 1 aliphatic heterocycles. The molecule has 3 nitrogen and oxygen atoms in total. The largest absolute Gasteiger partial charge is 0.337 e. The number of carbonyl (C=O) groups is 1. The summed E-state index contributed by atoms with van der Waals surface area (Å²) in [6.07, 6.45) is 0. The molecule has 0 atom stereocenters. The molecule has 70 valence electrons. The molecular formula is C10H7BrN2O. The van der Waals surface area contributed by atoms with Gasteiger partial charge in [-0.25, -0.2) is 0 Å². The minimum atomic E-state index is -0.0714. The van der Waals surface area contributed by atoms with E-state index in [1.807, 2.05) is 12.1 Å². The number of carbonyl (C=O) groups excluding carboxylic acids is 1. The summed E-state index contributed by atoms with van der Waals surface area (Å²) in [5.41, 5.74) is 1.92. The van der Waals surface area contributed by atoms with Crippen molar-refractivity contribution in [3.05, 3.63) is 33.3 Å². The van der Waals surface area contributed by atoms with Crippen molar-refractivity contribution in [2.24, 2.45) is 0 Å². The third kappa shape index (κ3) is 1.13. The summed E-state index contributed by atoms with van der Waals surface area (Å²) in [6, 6.07) is 5.51. The van der Waals surface area contributed by atoms with E-state index >= 15 is 0 Å². The van der Waals surface area contributed by atoms with E-state index in [4.69, 9.17) is 5.26 Å². The van der Waals surface area contributed by atoms with E-state index in [1.165, 1.54) is 0 Å². The second-order valence-corrected chi connectivity index (χ2v) is 4.08. The van der Waals surface area contributed by atoms with Crippen molar-refractivity contribution in [1.29, 1.82) is 5.26 Å². The van der Waals surface area contributed by atoms with Crippen LogP contribution in [0.5, 0.6) is 0 Å². The number of nitrogens with zero attached hydrogens (tertiary/aromatic N) is 2. The normalized spacial score (nSPS) is 14.1. The molecule has 0 bridgehead atoms. The Hall–Kier alpha value is -1.34. The minimum Gasteiger partial charge on any atom is -0.337 e. The monoisotopic (exact) mass is 250 g/mol.